The lowest BCUT2D eigenvalue weighted by atomic mass is 10.2. The van der Waals surface area contributed by atoms with E-state index in [0.717, 1.165) is 24.3 Å². The standard InChI is InChI=1S/C22H15ClF5N3O4/c23-14-9-12(1-2-13(14)22(26,27)28)35-17-15(24)7-11(8-16(17)25)10-34-19-18-20-30(5-6-33-18)3-4-31(20)21(32)29-19/h1-2,7-9H,3-6,10H2. The molecule has 2 aliphatic heterocycles. The van der Waals surface area contributed by atoms with Crippen LogP contribution in [0.1, 0.15) is 11.1 Å². The summed E-state index contributed by atoms with van der Waals surface area (Å²) >= 11 is 5.62. The Hall–Kier alpha value is -3.54. The van der Waals surface area contributed by atoms with Crippen LogP contribution >= 0.6 is 11.6 Å². The quantitative estimate of drug-likeness (QED) is 0.456. The minimum atomic E-state index is -4.69. The number of benzene rings is 2. The third-order valence-electron chi connectivity index (χ3n) is 5.48. The first-order chi connectivity index (χ1) is 16.6. The summed E-state index contributed by atoms with van der Waals surface area (Å²) < 4.78 is 85.5. The summed E-state index contributed by atoms with van der Waals surface area (Å²) in [6.07, 6.45) is -4.69. The summed E-state index contributed by atoms with van der Waals surface area (Å²) in [5, 5.41) is -0.677. The number of ether oxygens (including phenoxy) is 3. The average molecular weight is 516 g/mol. The molecule has 0 radical (unpaired) electrons. The number of aromatic nitrogens is 2. The molecule has 0 saturated heterocycles. The Labute approximate surface area is 199 Å². The molecule has 0 atom stereocenters. The van der Waals surface area contributed by atoms with Crippen molar-refractivity contribution < 1.29 is 36.2 Å². The van der Waals surface area contributed by atoms with E-state index in [9.17, 15) is 26.7 Å². The lowest BCUT2D eigenvalue weighted by molar-refractivity contribution is -0.137. The van der Waals surface area contributed by atoms with Gasteiger partial charge in [0.15, 0.2) is 23.2 Å². The van der Waals surface area contributed by atoms with E-state index < -0.39 is 39.8 Å². The lowest BCUT2D eigenvalue weighted by Crippen LogP contribution is -2.32. The summed E-state index contributed by atoms with van der Waals surface area (Å²) in [6, 6.07) is 4.23. The zero-order valence-corrected chi connectivity index (χ0v) is 18.4. The first kappa shape index (κ1) is 23.2. The van der Waals surface area contributed by atoms with Gasteiger partial charge in [0.25, 0.3) is 5.88 Å². The molecule has 35 heavy (non-hydrogen) atoms. The molecule has 3 aromatic rings. The Morgan fingerprint density at radius 2 is 1.83 bits per heavy atom. The molecule has 0 aliphatic carbocycles. The van der Waals surface area contributed by atoms with Gasteiger partial charge in [0, 0.05) is 19.2 Å². The summed E-state index contributed by atoms with van der Waals surface area (Å²) in [5.41, 5.74) is -1.57. The van der Waals surface area contributed by atoms with Crippen LogP contribution < -0.4 is 24.8 Å². The highest BCUT2D eigenvalue weighted by molar-refractivity contribution is 6.31. The molecule has 2 aliphatic rings. The van der Waals surface area contributed by atoms with Gasteiger partial charge in [-0.3, -0.25) is 4.57 Å². The minimum Gasteiger partial charge on any atom is -0.483 e. The highest BCUT2D eigenvalue weighted by atomic mass is 35.5. The van der Waals surface area contributed by atoms with Gasteiger partial charge in [0.05, 0.1) is 17.1 Å². The topological polar surface area (TPSA) is 65.8 Å². The molecule has 3 heterocycles. The van der Waals surface area contributed by atoms with E-state index in [0.29, 0.717) is 38.1 Å². The van der Waals surface area contributed by atoms with E-state index >= 15 is 0 Å². The van der Waals surface area contributed by atoms with E-state index in [2.05, 4.69) is 4.98 Å². The largest absolute Gasteiger partial charge is 0.483 e. The number of hydrogen-bond donors (Lipinski definition) is 0. The van der Waals surface area contributed by atoms with Crippen LogP contribution in [0, 0.1) is 11.6 Å². The molecule has 0 saturated carbocycles. The molecule has 0 fully saturated rings. The summed E-state index contributed by atoms with van der Waals surface area (Å²) in [4.78, 5) is 18.1. The van der Waals surface area contributed by atoms with Crippen molar-refractivity contribution in [2.75, 3.05) is 24.6 Å². The Morgan fingerprint density at radius 1 is 1.09 bits per heavy atom. The van der Waals surface area contributed by atoms with Crippen molar-refractivity contribution in [3.8, 4) is 23.1 Å². The molecule has 0 amide bonds. The van der Waals surface area contributed by atoms with Crippen molar-refractivity contribution in [1.29, 1.82) is 0 Å². The second kappa shape index (κ2) is 8.59. The van der Waals surface area contributed by atoms with Crippen LogP contribution in [0.4, 0.5) is 27.8 Å². The van der Waals surface area contributed by atoms with Gasteiger partial charge in [-0.25, -0.2) is 13.6 Å². The SMILES string of the molecule is O=c1nc(OCc2cc(F)c(Oc3ccc(C(F)(F)F)c(Cl)c3)c(F)c2)c2c3n1CCN3CCO2. The third-order valence-corrected chi connectivity index (χ3v) is 5.79. The van der Waals surface area contributed by atoms with Crippen LogP contribution in [0.15, 0.2) is 35.1 Å². The highest BCUT2D eigenvalue weighted by Crippen LogP contribution is 2.40. The summed E-state index contributed by atoms with van der Waals surface area (Å²) in [6.45, 7) is 1.75. The van der Waals surface area contributed by atoms with E-state index in [-0.39, 0.29) is 29.5 Å². The molecule has 184 valence electrons. The van der Waals surface area contributed by atoms with Gasteiger partial charge >= 0.3 is 11.9 Å². The summed E-state index contributed by atoms with van der Waals surface area (Å²) in [5.74, 6) is -2.60. The van der Waals surface area contributed by atoms with Gasteiger partial charge in [-0.15, -0.1) is 0 Å². The van der Waals surface area contributed by atoms with Crippen molar-refractivity contribution in [1.82, 2.24) is 9.55 Å². The molecule has 0 N–H and O–H groups in total. The van der Waals surface area contributed by atoms with Crippen LogP contribution in [0.3, 0.4) is 0 Å². The number of anilines is 1. The molecule has 2 aromatic carbocycles. The molecular formula is C22H15ClF5N3O4. The Morgan fingerprint density at radius 3 is 2.51 bits per heavy atom. The summed E-state index contributed by atoms with van der Waals surface area (Å²) in [7, 11) is 0. The maximum Gasteiger partial charge on any atom is 0.417 e. The molecular weight excluding hydrogens is 501 g/mol. The molecule has 7 nitrogen and oxygen atoms in total. The van der Waals surface area contributed by atoms with E-state index in [1.165, 1.54) is 4.57 Å². The smallest absolute Gasteiger partial charge is 0.417 e. The number of halogens is 6. The van der Waals surface area contributed by atoms with Crippen molar-refractivity contribution in [2.24, 2.45) is 0 Å². The van der Waals surface area contributed by atoms with E-state index in [4.69, 9.17) is 25.8 Å². The first-order valence-corrected chi connectivity index (χ1v) is 10.7. The lowest BCUT2D eigenvalue weighted by Gasteiger charge is -2.27. The molecule has 0 spiro atoms. The monoisotopic (exact) mass is 515 g/mol. The van der Waals surface area contributed by atoms with Crippen LogP contribution in [0.2, 0.25) is 5.02 Å². The predicted octanol–water partition coefficient (Wildman–Crippen LogP) is 4.78. The van der Waals surface area contributed by atoms with Crippen LogP contribution in [-0.2, 0) is 19.3 Å². The number of alkyl halides is 3. The predicted molar refractivity (Wildman–Crippen MR) is 113 cm³/mol. The fourth-order valence-corrected chi connectivity index (χ4v) is 4.18. The average Bonchev–Trinajstić information content (AvgIpc) is 3.23. The second-order valence-electron chi connectivity index (χ2n) is 7.76. The van der Waals surface area contributed by atoms with Gasteiger partial charge < -0.3 is 19.1 Å². The van der Waals surface area contributed by atoms with Gasteiger partial charge in [0.2, 0.25) is 5.75 Å². The first-order valence-electron chi connectivity index (χ1n) is 10.3. The highest BCUT2D eigenvalue weighted by Gasteiger charge is 2.34. The Bertz CT molecular complexity index is 1360. The van der Waals surface area contributed by atoms with E-state index in [1.807, 2.05) is 4.90 Å². The fourth-order valence-electron chi connectivity index (χ4n) is 3.90. The molecule has 0 unspecified atom stereocenters. The number of rotatable bonds is 5. The maximum atomic E-state index is 14.6. The molecule has 0 bridgehead atoms. The third kappa shape index (κ3) is 4.33. The Kier molecular flexibility index (Phi) is 5.70. The number of hydrogen-bond acceptors (Lipinski definition) is 6. The van der Waals surface area contributed by atoms with Crippen molar-refractivity contribution >= 4 is 17.4 Å². The van der Waals surface area contributed by atoms with Crippen molar-refractivity contribution in [3.05, 3.63) is 68.6 Å². The zero-order valence-electron chi connectivity index (χ0n) is 17.7. The van der Waals surface area contributed by atoms with Crippen LogP contribution in [0.5, 0.6) is 23.1 Å². The van der Waals surface area contributed by atoms with Crippen molar-refractivity contribution in [2.45, 2.75) is 19.3 Å². The minimum absolute atomic E-state index is 0.0556. The van der Waals surface area contributed by atoms with Crippen LogP contribution in [0.25, 0.3) is 0 Å². The van der Waals surface area contributed by atoms with Gasteiger partial charge in [-0.1, -0.05) is 11.6 Å². The van der Waals surface area contributed by atoms with Crippen LogP contribution in [-0.4, -0.2) is 29.2 Å². The number of nitrogens with zero attached hydrogens (tertiary/aromatic N) is 3. The maximum absolute atomic E-state index is 14.6. The molecule has 1 aromatic heterocycles. The normalized spacial score (nSPS) is 14.5. The zero-order chi connectivity index (χ0) is 24.9. The van der Waals surface area contributed by atoms with Crippen molar-refractivity contribution in [3.63, 3.8) is 0 Å². The van der Waals surface area contributed by atoms with Gasteiger partial charge in [0.1, 0.15) is 19.0 Å². The molecule has 5 rings (SSSR count). The Balaban J connectivity index is 1.35. The fraction of sp³-hybridized carbons (Fsp3) is 0.273. The van der Waals surface area contributed by atoms with Gasteiger partial charge in [-0.05, 0) is 29.8 Å². The second-order valence-corrected chi connectivity index (χ2v) is 8.17. The molecule has 13 heteroatoms. The van der Waals surface area contributed by atoms with Gasteiger partial charge in [-0.2, -0.15) is 18.2 Å². The van der Waals surface area contributed by atoms with E-state index in [1.54, 1.807) is 0 Å².